The molecule has 0 fully saturated rings. The zero-order valence-corrected chi connectivity index (χ0v) is 12.4. The predicted octanol–water partition coefficient (Wildman–Crippen LogP) is 4.03. The zero-order valence-electron chi connectivity index (χ0n) is 12.4. The maximum atomic E-state index is 12.9. The van der Waals surface area contributed by atoms with E-state index in [9.17, 15) is 26.3 Å². The maximum absolute atomic E-state index is 12.9. The van der Waals surface area contributed by atoms with E-state index in [1.807, 2.05) is 0 Å². The van der Waals surface area contributed by atoms with E-state index in [-0.39, 0.29) is 17.9 Å². The highest BCUT2D eigenvalue weighted by atomic mass is 19.4. The van der Waals surface area contributed by atoms with Crippen molar-refractivity contribution in [2.75, 3.05) is 18.5 Å². The van der Waals surface area contributed by atoms with Crippen LogP contribution in [0.15, 0.2) is 24.3 Å². The molecule has 0 amide bonds. The van der Waals surface area contributed by atoms with Crippen molar-refractivity contribution < 1.29 is 31.1 Å². The van der Waals surface area contributed by atoms with E-state index in [2.05, 4.69) is 20.0 Å². The number of hydrogen-bond acceptors (Lipinski definition) is 4. The van der Waals surface area contributed by atoms with Crippen LogP contribution in [0.4, 0.5) is 32.2 Å². The molecule has 0 aliphatic rings. The normalized spacial score (nSPS) is 14.0. The number of nitrogens with one attached hydrogen (secondary N) is 1. The molecule has 1 heterocycles. The van der Waals surface area contributed by atoms with Crippen LogP contribution in [-0.4, -0.2) is 35.4 Å². The highest BCUT2D eigenvalue weighted by molar-refractivity contribution is 5.89. The summed E-state index contributed by atoms with van der Waals surface area (Å²) in [5.41, 5.74) is 0.0748. The van der Waals surface area contributed by atoms with Crippen LogP contribution >= 0.6 is 0 Å². The maximum Gasteiger partial charge on any atom is 0.451 e. The summed E-state index contributed by atoms with van der Waals surface area (Å²) in [6, 6.07) is 5.33. The Morgan fingerprint density at radius 3 is 2.38 bits per heavy atom. The quantitative estimate of drug-likeness (QED) is 0.825. The zero-order chi connectivity index (χ0) is 18.0. The molecule has 0 radical (unpaired) electrons. The van der Waals surface area contributed by atoms with Gasteiger partial charge in [-0.3, -0.25) is 0 Å². The minimum absolute atomic E-state index is 0.0748. The monoisotopic (exact) mass is 353 g/mol. The van der Waals surface area contributed by atoms with Crippen LogP contribution in [0.5, 0.6) is 0 Å². The summed E-state index contributed by atoms with van der Waals surface area (Å²) in [6.45, 7) is -0.308. The summed E-state index contributed by atoms with van der Waals surface area (Å²) in [4.78, 5) is 6.90. The van der Waals surface area contributed by atoms with Crippen molar-refractivity contribution in [2.24, 2.45) is 0 Å². The van der Waals surface area contributed by atoms with Crippen molar-refractivity contribution in [3.63, 3.8) is 0 Å². The molecular formula is C14H13F6N3O. The molecule has 0 saturated carbocycles. The van der Waals surface area contributed by atoms with Crippen LogP contribution in [0.3, 0.4) is 0 Å². The summed E-state index contributed by atoms with van der Waals surface area (Å²) in [5, 5.41) is 2.97. The van der Waals surface area contributed by atoms with Gasteiger partial charge in [0.15, 0.2) is 0 Å². The third-order valence-electron chi connectivity index (χ3n) is 2.87. The first-order valence-electron chi connectivity index (χ1n) is 6.81. The summed E-state index contributed by atoms with van der Waals surface area (Å²) >= 11 is 0. The van der Waals surface area contributed by atoms with E-state index in [1.54, 1.807) is 6.07 Å². The summed E-state index contributed by atoms with van der Waals surface area (Å²) < 4.78 is 79.2. The van der Waals surface area contributed by atoms with Crippen molar-refractivity contribution in [3.05, 3.63) is 30.1 Å². The fourth-order valence-corrected chi connectivity index (χ4v) is 1.94. The van der Waals surface area contributed by atoms with Crippen molar-refractivity contribution >= 4 is 16.7 Å². The Hall–Kier alpha value is -2.10. The van der Waals surface area contributed by atoms with Crippen LogP contribution in [0.25, 0.3) is 10.9 Å². The first-order valence-corrected chi connectivity index (χ1v) is 6.81. The lowest BCUT2D eigenvalue weighted by Crippen LogP contribution is -2.27. The van der Waals surface area contributed by atoms with Gasteiger partial charge < -0.3 is 10.1 Å². The Balaban J connectivity index is 2.21. The van der Waals surface area contributed by atoms with Crippen molar-refractivity contribution in [1.29, 1.82) is 0 Å². The molecule has 1 N–H and O–H groups in total. The van der Waals surface area contributed by atoms with Crippen molar-refractivity contribution in [2.45, 2.75) is 25.3 Å². The summed E-state index contributed by atoms with van der Waals surface area (Å²) in [5.74, 6) is -1.44. The molecule has 4 nitrogen and oxygen atoms in total. The first kappa shape index (κ1) is 18.2. The van der Waals surface area contributed by atoms with Gasteiger partial charge in [0, 0.05) is 11.4 Å². The van der Waals surface area contributed by atoms with Gasteiger partial charge in [0.1, 0.15) is 12.4 Å². The number of ether oxygens (including phenoxy) is 1. The molecule has 0 bridgehead atoms. The van der Waals surface area contributed by atoms with Gasteiger partial charge in [-0.25, -0.2) is 9.97 Å². The average Bonchev–Trinajstić information content (AvgIpc) is 2.44. The Labute approximate surface area is 132 Å². The molecule has 0 spiro atoms. The number of aromatic nitrogens is 2. The number of hydrogen-bond donors (Lipinski definition) is 1. The Morgan fingerprint density at radius 1 is 1.08 bits per heavy atom. The number of anilines is 1. The van der Waals surface area contributed by atoms with E-state index < -0.39 is 30.8 Å². The van der Waals surface area contributed by atoms with Crippen LogP contribution in [0, 0.1) is 0 Å². The van der Waals surface area contributed by atoms with Crippen LogP contribution in [0.1, 0.15) is 12.7 Å². The van der Waals surface area contributed by atoms with Gasteiger partial charge in [-0.1, -0.05) is 12.1 Å². The lowest BCUT2D eigenvalue weighted by molar-refractivity contribution is -0.174. The molecule has 1 aromatic carbocycles. The summed E-state index contributed by atoms with van der Waals surface area (Å²) in [7, 11) is 0. The molecule has 0 aliphatic heterocycles. The molecule has 2 aromatic rings. The van der Waals surface area contributed by atoms with Gasteiger partial charge in [0.25, 0.3) is 0 Å². The van der Waals surface area contributed by atoms with Gasteiger partial charge in [-0.05, 0) is 19.1 Å². The highest BCUT2D eigenvalue weighted by Crippen LogP contribution is 2.30. The molecule has 0 aliphatic carbocycles. The largest absolute Gasteiger partial charge is 0.451 e. The first-order chi connectivity index (χ1) is 11.1. The predicted molar refractivity (Wildman–Crippen MR) is 74.5 cm³/mol. The number of rotatable bonds is 5. The van der Waals surface area contributed by atoms with E-state index >= 15 is 0 Å². The second kappa shape index (κ2) is 6.80. The molecular weight excluding hydrogens is 340 g/mol. The van der Waals surface area contributed by atoms with E-state index in [0.29, 0.717) is 5.39 Å². The lowest BCUT2D eigenvalue weighted by Gasteiger charge is -2.18. The second-order valence-electron chi connectivity index (χ2n) is 5.09. The SMILES string of the molecule is C[C@@H](COCC(F)(F)F)Nc1nc(C(F)(F)F)nc2ccccc12. The standard InChI is InChI=1S/C14H13F6N3O/c1-8(6-24-7-13(15,16)17)21-11-9-4-2-3-5-10(9)22-12(23-11)14(18,19)20/h2-5,8H,6-7H2,1H3,(H,21,22,23)/t8-/m0/s1. The highest BCUT2D eigenvalue weighted by Gasteiger charge is 2.35. The lowest BCUT2D eigenvalue weighted by atomic mass is 10.2. The molecule has 0 saturated heterocycles. The van der Waals surface area contributed by atoms with Crippen LogP contribution in [-0.2, 0) is 10.9 Å². The molecule has 24 heavy (non-hydrogen) atoms. The topological polar surface area (TPSA) is 47.0 Å². The number of para-hydroxylation sites is 1. The Bertz CT molecular complexity index is 701. The number of nitrogens with zero attached hydrogens (tertiary/aromatic N) is 2. The third-order valence-corrected chi connectivity index (χ3v) is 2.87. The minimum atomic E-state index is -4.74. The second-order valence-corrected chi connectivity index (χ2v) is 5.09. The molecule has 1 aromatic heterocycles. The van der Waals surface area contributed by atoms with E-state index in [1.165, 1.54) is 25.1 Å². The molecule has 1 atom stereocenters. The van der Waals surface area contributed by atoms with E-state index in [0.717, 1.165) is 0 Å². The molecule has 10 heteroatoms. The fourth-order valence-electron chi connectivity index (χ4n) is 1.94. The van der Waals surface area contributed by atoms with E-state index in [4.69, 9.17) is 0 Å². The summed E-state index contributed by atoms with van der Waals surface area (Å²) in [6.07, 6.45) is -9.21. The van der Waals surface area contributed by atoms with Crippen LogP contribution < -0.4 is 5.32 Å². The van der Waals surface area contributed by atoms with Gasteiger partial charge >= 0.3 is 12.4 Å². The van der Waals surface area contributed by atoms with Gasteiger partial charge in [0.05, 0.1) is 12.1 Å². The van der Waals surface area contributed by atoms with Gasteiger partial charge in [-0.15, -0.1) is 0 Å². The number of benzene rings is 1. The average molecular weight is 353 g/mol. The smallest absolute Gasteiger partial charge is 0.370 e. The molecule has 2 rings (SSSR count). The minimum Gasteiger partial charge on any atom is -0.370 e. The number of fused-ring (bicyclic) bond motifs is 1. The third kappa shape index (κ3) is 4.95. The Morgan fingerprint density at radius 2 is 1.75 bits per heavy atom. The fraction of sp³-hybridized carbons (Fsp3) is 0.429. The van der Waals surface area contributed by atoms with Crippen LogP contribution in [0.2, 0.25) is 0 Å². The number of halogens is 6. The number of alkyl halides is 6. The Kier molecular flexibility index (Phi) is 5.16. The molecule has 0 unspecified atom stereocenters. The van der Waals surface area contributed by atoms with Crippen molar-refractivity contribution in [1.82, 2.24) is 9.97 Å². The van der Waals surface area contributed by atoms with Gasteiger partial charge in [-0.2, -0.15) is 26.3 Å². The van der Waals surface area contributed by atoms with Gasteiger partial charge in [0.2, 0.25) is 5.82 Å². The molecule has 132 valence electrons. The van der Waals surface area contributed by atoms with Crippen molar-refractivity contribution in [3.8, 4) is 0 Å².